The Morgan fingerprint density at radius 3 is 2.13 bits per heavy atom. The minimum Gasteiger partial charge on any atom is -0.465 e. The first-order valence-corrected chi connectivity index (χ1v) is 9.37. The van der Waals surface area contributed by atoms with Gasteiger partial charge in [-0.1, -0.05) is 60.7 Å². The molecule has 0 aliphatic heterocycles. The molecule has 3 aromatic rings. The van der Waals surface area contributed by atoms with Gasteiger partial charge in [-0.3, -0.25) is 14.7 Å². The van der Waals surface area contributed by atoms with Gasteiger partial charge in [-0.2, -0.15) is 4.98 Å². The first kappa shape index (κ1) is 20.8. The Balaban J connectivity index is 1.72. The van der Waals surface area contributed by atoms with E-state index in [4.69, 9.17) is 9.47 Å². The van der Waals surface area contributed by atoms with E-state index >= 15 is 0 Å². The molecule has 0 saturated heterocycles. The van der Waals surface area contributed by atoms with Crippen molar-refractivity contribution in [1.29, 1.82) is 0 Å². The van der Waals surface area contributed by atoms with Crippen LogP contribution in [0.3, 0.4) is 0 Å². The number of anilines is 1. The maximum atomic E-state index is 12.5. The van der Waals surface area contributed by atoms with Crippen molar-refractivity contribution in [1.82, 2.24) is 9.55 Å². The molecule has 0 fully saturated rings. The normalized spacial score (nSPS) is 10.5. The van der Waals surface area contributed by atoms with Crippen molar-refractivity contribution in [3.63, 3.8) is 0 Å². The van der Waals surface area contributed by atoms with E-state index in [0.29, 0.717) is 0 Å². The molecule has 0 unspecified atom stereocenters. The summed E-state index contributed by atoms with van der Waals surface area (Å²) in [5.41, 5.74) is 0.914. The lowest BCUT2D eigenvalue weighted by atomic mass is 10.0. The summed E-state index contributed by atoms with van der Waals surface area (Å²) in [6.07, 6.45) is -0.0346. The molecule has 0 radical (unpaired) electrons. The predicted molar refractivity (Wildman–Crippen MR) is 110 cm³/mol. The molecular formula is C22H21N3O5. The Bertz CT molecular complexity index is 1010. The number of ether oxygens (including phenoxy) is 2. The van der Waals surface area contributed by atoms with Gasteiger partial charge >= 0.3 is 17.8 Å². The van der Waals surface area contributed by atoms with Crippen LogP contribution in [0.4, 0.5) is 10.6 Å². The molecule has 0 bridgehead atoms. The van der Waals surface area contributed by atoms with Gasteiger partial charge in [-0.05, 0) is 24.1 Å². The summed E-state index contributed by atoms with van der Waals surface area (Å²) in [6, 6.07) is 20.0. The summed E-state index contributed by atoms with van der Waals surface area (Å²) in [5, 5.41) is 2.46. The number of hydrogen-bond donors (Lipinski definition) is 1. The summed E-state index contributed by atoms with van der Waals surface area (Å²) in [6.45, 7) is 1.64. The number of aromatic nitrogens is 2. The van der Waals surface area contributed by atoms with E-state index in [2.05, 4.69) is 10.3 Å². The summed E-state index contributed by atoms with van der Waals surface area (Å²) < 4.78 is 11.5. The molecule has 30 heavy (non-hydrogen) atoms. The SMILES string of the molecule is CCOC(=O)Cn1ccc(NC(=O)OC(c2ccccc2)c2ccccc2)nc1=O. The standard InChI is InChI=1S/C22H21N3O5/c1-2-29-19(26)15-25-14-13-18(23-21(25)27)24-22(28)30-20(16-9-5-3-6-10-16)17-11-7-4-8-12-17/h3-14,20H,2,15H2,1H3,(H,23,24,27,28). The molecular weight excluding hydrogens is 386 g/mol. The van der Waals surface area contributed by atoms with Crippen molar-refractivity contribution in [2.75, 3.05) is 11.9 Å². The number of carbonyl (C=O) groups excluding carboxylic acids is 2. The van der Waals surface area contributed by atoms with Crippen LogP contribution >= 0.6 is 0 Å². The van der Waals surface area contributed by atoms with Gasteiger partial charge in [0.05, 0.1) is 6.61 Å². The van der Waals surface area contributed by atoms with Gasteiger partial charge in [-0.15, -0.1) is 0 Å². The smallest absolute Gasteiger partial charge is 0.413 e. The highest BCUT2D eigenvalue weighted by Crippen LogP contribution is 2.26. The molecule has 0 aliphatic carbocycles. The number of rotatable bonds is 7. The molecule has 0 saturated carbocycles. The third kappa shape index (κ3) is 5.54. The van der Waals surface area contributed by atoms with Gasteiger partial charge in [-0.25, -0.2) is 9.59 Å². The summed E-state index contributed by atoms with van der Waals surface area (Å²) in [7, 11) is 0. The zero-order chi connectivity index (χ0) is 21.3. The number of carbonyl (C=O) groups is 2. The fourth-order valence-electron chi connectivity index (χ4n) is 2.79. The van der Waals surface area contributed by atoms with Crippen molar-refractivity contribution in [2.45, 2.75) is 19.6 Å². The summed E-state index contributed by atoms with van der Waals surface area (Å²) in [5.74, 6) is -0.528. The Morgan fingerprint density at radius 2 is 1.60 bits per heavy atom. The van der Waals surface area contributed by atoms with E-state index in [1.807, 2.05) is 60.7 Å². The van der Waals surface area contributed by atoms with Crippen LogP contribution in [0.5, 0.6) is 0 Å². The number of benzene rings is 2. The molecule has 3 rings (SSSR count). The van der Waals surface area contributed by atoms with Crippen LogP contribution in [-0.2, 0) is 20.8 Å². The third-order valence-electron chi connectivity index (χ3n) is 4.14. The van der Waals surface area contributed by atoms with E-state index in [9.17, 15) is 14.4 Å². The molecule has 1 N–H and O–H groups in total. The van der Waals surface area contributed by atoms with Crippen LogP contribution < -0.4 is 11.0 Å². The molecule has 0 spiro atoms. The minimum atomic E-state index is -0.761. The van der Waals surface area contributed by atoms with Gasteiger partial charge in [0.1, 0.15) is 12.4 Å². The number of amides is 1. The lowest BCUT2D eigenvalue weighted by molar-refractivity contribution is -0.143. The van der Waals surface area contributed by atoms with E-state index in [0.717, 1.165) is 15.7 Å². The molecule has 0 atom stereocenters. The molecule has 8 nitrogen and oxygen atoms in total. The van der Waals surface area contributed by atoms with Gasteiger partial charge in [0.15, 0.2) is 6.10 Å². The highest BCUT2D eigenvalue weighted by Gasteiger charge is 2.19. The second-order valence-corrected chi connectivity index (χ2v) is 6.26. The Hall–Kier alpha value is -3.94. The maximum Gasteiger partial charge on any atom is 0.413 e. The fourth-order valence-corrected chi connectivity index (χ4v) is 2.79. The molecule has 2 aromatic carbocycles. The lowest BCUT2D eigenvalue weighted by Gasteiger charge is -2.19. The number of esters is 1. The largest absolute Gasteiger partial charge is 0.465 e. The van der Waals surface area contributed by atoms with Gasteiger partial charge in [0, 0.05) is 6.20 Å². The monoisotopic (exact) mass is 407 g/mol. The van der Waals surface area contributed by atoms with E-state index < -0.39 is 23.9 Å². The molecule has 154 valence electrons. The van der Waals surface area contributed by atoms with Crippen LogP contribution in [0.2, 0.25) is 0 Å². The average Bonchev–Trinajstić information content (AvgIpc) is 2.75. The molecule has 1 amide bonds. The van der Waals surface area contributed by atoms with Crippen LogP contribution in [0.25, 0.3) is 0 Å². The Labute approximate surface area is 173 Å². The topological polar surface area (TPSA) is 99.5 Å². The molecule has 1 aromatic heterocycles. The molecule has 1 heterocycles. The van der Waals surface area contributed by atoms with E-state index in [1.54, 1.807) is 6.92 Å². The summed E-state index contributed by atoms with van der Waals surface area (Å²) >= 11 is 0. The Kier molecular flexibility index (Phi) is 6.94. The van der Waals surface area contributed by atoms with E-state index in [-0.39, 0.29) is 19.0 Å². The number of hydrogen-bond acceptors (Lipinski definition) is 6. The highest BCUT2D eigenvalue weighted by atomic mass is 16.6. The third-order valence-corrected chi connectivity index (χ3v) is 4.14. The van der Waals surface area contributed by atoms with Gasteiger partial charge in [0.25, 0.3) is 0 Å². The predicted octanol–water partition coefficient (Wildman–Crippen LogP) is 3.14. The van der Waals surface area contributed by atoms with Crippen molar-refractivity contribution in [3.05, 3.63) is 94.5 Å². The average molecular weight is 407 g/mol. The first-order valence-electron chi connectivity index (χ1n) is 9.37. The van der Waals surface area contributed by atoms with Gasteiger partial charge < -0.3 is 9.47 Å². The maximum absolute atomic E-state index is 12.5. The fraction of sp³-hybridized carbons (Fsp3) is 0.182. The van der Waals surface area contributed by atoms with Crippen LogP contribution in [0.15, 0.2) is 77.7 Å². The van der Waals surface area contributed by atoms with Crippen LogP contribution in [0, 0.1) is 0 Å². The van der Waals surface area contributed by atoms with Crippen molar-refractivity contribution in [3.8, 4) is 0 Å². The Morgan fingerprint density at radius 1 is 1.00 bits per heavy atom. The van der Waals surface area contributed by atoms with Crippen molar-refractivity contribution < 1.29 is 19.1 Å². The van der Waals surface area contributed by atoms with Gasteiger partial charge in [0.2, 0.25) is 0 Å². The number of nitrogens with one attached hydrogen (secondary N) is 1. The molecule has 8 heteroatoms. The second-order valence-electron chi connectivity index (χ2n) is 6.26. The summed E-state index contributed by atoms with van der Waals surface area (Å²) in [4.78, 5) is 39.8. The molecule has 0 aliphatic rings. The van der Waals surface area contributed by atoms with Crippen LogP contribution in [0.1, 0.15) is 24.2 Å². The highest BCUT2D eigenvalue weighted by molar-refractivity contribution is 5.83. The van der Waals surface area contributed by atoms with E-state index in [1.165, 1.54) is 12.3 Å². The quantitative estimate of drug-likeness (QED) is 0.604. The lowest BCUT2D eigenvalue weighted by Crippen LogP contribution is -2.28. The first-order chi connectivity index (χ1) is 14.6. The van der Waals surface area contributed by atoms with Crippen LogP contribution in [-0.4, -0.2) is 28.2 Å². The van der Waals surface area contributed by atoms with Crippen molar-refractivity contribution >= 4 is 17.9 Å². The zero-order valence-corrected chi connectivity index (χ0v) is 16.4. The number of nitrogens with zero attached hydrogens (tertiary/aromatic N) is 2. The zero-order valence-electron chi connectivity index (χ0n) is 16.4. The van der Waals surface area contributed by atoms with Crippen molar-refractivity contribution in [2.24, 2.45) is 0 Å². The minimum absolute atomic E-state index is 0.0185. The second kappa shape index (κ2) is 10.0.